The Bertz CT molecular complexity index is 1670. The number of unbranched alkanes of at least 4 members (excludes halogenated alkanes) is 1. The molecule has 1 unspecified atom stereocenters. The number of hydrogen-bond donors (Lipinski definition) is 1. The second-order valence-corrected chi connectivity index (χ2v) is 11.7. The first-order valence-corrected chi connectivity index (χ1v) is 16.5. The number of nitrogens with zero attached hydrogens (tertiary/aromatic N) is 1. The van der Waals surface area contributed by atoms with Crippen LogP contribution in [0.2, 0.25) is 0 Å². The number of nitrogens with one attached hydrogen (secondary N) is 1. The maximum Gasteiger partial charge on any atom is 0.407 e. The lowest BCUT2D eigenvalue weighted by atomic mass is 10.0. The Morgan fingerprint density at radius 1 is 0.917 bits per heavy atom. The highest BCUT2D eigenvalue weighted by Gasteiger charge is 2.28. The van der Waals surface area contributed by atoms with Gasteiger partial charge in [-0.05, 0) is 61.9 Å². The largest absolute Gasteiger partial charge is 0.493 e. The first kappa shape index (κ1) is 34.2. The van der Waals surface area contributed by atoms with Crippen molar-refractivity contribution in [3.8, 4) is 23.0 Å². The van der Waals surface area contributed by atoms with Crippen molar-refractivity contribution in [2.75, 3.05) is 20.3 Å². The number of benzene rings is 3. The van der Waals surface area contributed by atoms with Crippen molar-refractivity contribution in [1.82, 2.24) is 10.3 Å². The van der Waals surface area contributed by atoms with Crippen LogP contribution in [0.1, 0.15) is 67.8 Å². The summed E-state index contributed by atoms with van der Waals surface area (Å²) in [5, 5.41) is 3.36. The van der Waals surface area contributed by atoms with E-state index in [1.807, 2.05) is 61.5 Å². The molecule has 48 heavy (non-hydrogen) atoms. The predicted octanol–water partition coefficient (Wildman–Crippen LogP) is 7.61. The lowest BCUT2D eigenvalue weighted by Gasteiger charge is -2.20. The van der Waals surface area contributed by atoms with Crippen molar-refractivity contribution in [3.05, 3.63) is 90.1 Å². The van der Waals surface area contributed by atoms with Gasteiger partial charge in [-0.1, -0.05) is 55.8 Å². The highest BCUT2D eigenvalue weighted by atomic mass is 16.6. The third kappa shape index (κ3) is 9.47. The number of ketones is 1. The Morgan fingerprint density at radius 3 is 2.42 bits per heavy atom. The summed E-state index contributed by atoms with van der Waals surface area (Å²) >= 11 is 0. The normalized spacial score (nSPS) is 13.5. The second kappa shape index (κ2) is 17.2. The van der Waals surface area contributed by atoms with Gasteiger partial charge in [-0.15, -0.1) is 0 Å². The Morgan fingerprint density at radius 2 is 1.69 bits per heavy atom. The molecule has 252 valence electrons. The fourth-order valence-corrected chi connectivity index (χ4v) is 5.48. The van der Waals surface area contributed by atoms with Crippen LogP contribution in [0, 0.1) is 0 Å². The average Bonchev–Trinajstić information content (AvgIpc) is 3.62. The average molecular weight is 655 g/mol. The van der Waals surface area contributed by atoms with Crippen LogP contribution in [0.3, 0.4) is 0 Å². The number of ether oxygens (including phenoxy) is 5. The fraction of sp³-hybridized carbons (Fsp3) is 0.368. The number of esters is 1. The zero-order chi connectivity index (χ0) is 33.7. The topological polar surface area (TPSA) is 122 Å². The minimum absolute atomic E-state index is 0.0511. The lowest BCUT2D eigenvalue weighted by molar-refractivity contribution is -0.151. The quantitative estimate of drug-likeness (QED) is 0.0739. The molecular weight excluding hydrogens is 612 g/mol. The summed E-state index contributed by atoms with van der Waals surface area (Å²) in [5.74, 6) is 1.60. The van der Waals surface area contributed by atoms with E-state index in [4.69, 9.17) is 23.7 Å². The summed E-state index contributed by atoms with van der Waals surface area (Å²) in [5.41, 5.74) is 2.18. The monoisotopic (exact) mass is 654 g/mol. The number of alkyl carbamates (subject to hydrolysis) is 1. The predicted molar refractivity (Wildman–Crippen MR) is 181 cm³/mol. The smallest absolute Gasteiger partial charge is 0.407 e. The summed E-state index contributed by atoms with van der Waals surface area (Å²) in [7, 11) is 1.54. The second-order valence-electron chi connectivity index (χ2n) is 11.7. The first-order valence-electron chi connectivity index (χ1n) is 16.5. The van der Waals surface area contributed by atoms with Crippen LogP contribution in [0.4, 0.5) is 4.79 Å². The Kier molecular flexibility index (Phi) is 12.2. The number of aromatic nitrogens is 1. The highest BCUT2D eigenvalue weighted by molar-refractivity contribution is 5.97. The number of rotatable bonds is 16. The molecule has 3 aromatic carbocycles. The van der Waals surface area contributed by atoms with Gasteiger partial charge in [-0.2, -0.15) is 0 Å². The minimum atomic E-state index is -0.924. The van der Waals surface area contributed by atoms with Crippen molar-refractivity contribution in [3.63, 3.8) is 0 Å². The zero-order valence-electron chi connectivity index (χ0n) is 27.4. The van der Waals surface area contributed by atoms with Crippen LogP contribution in [0.25, 0.3) is 10.9 Å². The zero-order valence-corrected chi connectivity index (χ0v) is 27.4. The van der Waals surface area contributed by atoms with E-state index < -0.39 is 18.1 Å². The first-order chi connectivity index (χ1) is 23.4. The van der Waals surface area contributed by atoms with E-state index in [9.17, 15) is 14.4 Å². The van der Waals surface area contributed by atoms with Crippen LogP contribution in [-0.4, -0.2) is 55.3 Å². The minimum Gasteiger partial charge on any atom is -0.493 e. The van der Waals surface area contributed by atoms with Crippen molar-refractivity contribution in [2.24, 2.45) is 0 Å². The van der Waals surface area contributed by atoms with Crippen molar-refractivity contribution >= 4 is 28.7 Å². The van der Waals surface area contributed by atoms with Crippen LogP contribution >= 0.6 is 0 Å². The van der Waals surface area contributed by atoms with E-state index in [2.05, 4.69) is 10.3 Å². The molecule has 1 aliphatic carbocycles. The Balaban J connectivity index is 1.24. The number of hydrogen-bond acceptors (Lipinski definition) is 9. The number of pyridine rings is 1. The fourth-order valence-electron chi connectivity index (χ4n) is 5.48. The maximum atomic E-state index is 13.0. The van der Waals surface area contributed by atoms with Crippen LogP contribution < -0.4 is 19.5 Å². The molecule has 1 atom stereocenters. The molecule has 1 saturated carbocycles. The highest BCUT2D eigenvalue weighted by Crippen LogP contribution is 2.37. The van der Waals surface area contributed by atoms with E-state index in [0.717, 1.165) is 44.1 Å². The van der Waals surface area contributed by atoms with Crippen LogP contribution in [0.5, 0.6) is 23.0 Å². The van der Waals surface area contributed by atoms with Gasteiger partial charge in [0, 0.05) is 36.1 Å². The third-order valence-corrected chi connectivity index (χ3v) is 8.16. The van der Waals surface area contributed by atoms with E-state index in [-0.39, 0.29) is 31.5 Å². The molecular formula is C38H42N2O8. The molecule has 0 radical (unpaired) electrons. The number of methoxy groups -OCH3 is 1. The van der Waals surface area contributed by atoms with Crippen molar-refractivity contribution in [2.45, 2.75) is 70.4 Å². The number of carbonyl (C=O) groups excluding carboxylic acids is 3. The number of Topliss-reactive ketones (excluding diaryl/α,β-unsaturated/α-hetero) is 1. The summed E-state index contributed by atoms with van der Waals surface area (Å²) in [6, 6.07) is 21.0. The molecule has 5 rings (SSSR count). The molecule has 1 aliphatic rings. The van der Waals surface area contributed by atoms with Gasteiger partial charge in [0.25, 0.3) is 0 Å². The molecule has 0 bridgehead atoms. The third-order valence-electron chi connectivity index (χ3n) is 8.16. The van der Waals surface area contributed by atoms with Crippen molar-refractivity contribution in [1.29, 1.82) is 0 Å². The number of carbonyl (C=O) groups is 3. The van der Waals surface area contributed by atoms with E-state index >= 15 is 0 Å². The summed E-state index contributed by atoms with van der Waals surface area (Å²) in [6.45, 7) is 2.37. The molecule has 10 nitrogen and oxygen atoms in total. The van der Waals surface area contributed by atoms with Gasteiger partial charge in [-0.25, -0.2) is 9.59 Å². The van der Waals surface area contributed by atoms with Gasteiger partial charge in [0.2, 0.25) is 0 Å². The van der Waals surface area contributed by atoms with E-state index in [1.165, 1.54) is 7.11 Å². The van der Waals surface area contributed by atoms with Gasteiger partial charge in [0.1, 0.15) is 23.6 Å². The molecule has 1 aromatic heterocycles. The SMILES string of the molecule is CCCCOC(=O)NC(CCOc1cc2nccc(Oc3ccc(CC(=O)c4ccccc4)cc3)c2cc1OC)C(=O)OC1CCCC1. The Hall–Kier alpha value is -5.12. The van der Waals surface area contributed by atoms with Crippen LogP contribution in [-0.2, 0) is 20.7 Å². The molecule has 10 heteroatoms. The lowest BCUT2D eigenvalue weighted by Crippen LogP contribution is -2.44. The molecule has 1 heterocycles. The summed E-state index contributed by atoms with van der Waals surface area (Å²) in [6.07, 6.45) is 6.61. The van der Waals surface area contributed by atoms with Gasteiger partial charge in [0.05, 0.1) is 25.8 Å². The van der Waals surface area contributed by atoms with E-state index in [1.54, 1.807) is 24.4 Å². The number of fused-ring (bicyclic) bond motifs is 1. The van der Waals surface area contributed by atoms with Crippen LogP contribution in [0.15, 0.2) is 79.0 Å². The molecule has 1 amide bonds. The van der Waals surface area contributed by atoms with Crippen molar-refractivity contribution < 1.29 is 38.1 Å². The van der Waals surface area contributed by atoms with Gasteiger partial charge in [0.15, 0.2) is 17.3 Å². The molecule has 1 N–H and O–H groups in total. The number of amides is 1. The molecule has 0 aliphatic heterocycles. The summed E-state index contributed by atoms with van der Waals surface area (Å²) in [4.78, 5) is 42.5. The summed E-state index contributed by atoms with van der Waals surface area (Å²) < 4.78 is 28.8. The van der Waals surface area contributed by atoms with Gasteiger partial charge >= 0.3 is 12.1 Å². The maximum absolute atomic E-state index is 13.0. The Labute approximate surface area is 280 Å². The molecule has 1 fully saturated rings. The van der Waals surface area contributed by atoms with Gasteiger partial charge < -0.3 is 29.0 Å². The van der Waals surface area contributed by atoms with Gasteiger partial charge in [-0.3, -0.25) is 9.78 Å². The molecule has 0 saturated heterocycles. The standard InChI is InChI=1S/C38H42N2O8/c1-3-4-21-46-38(43)40-31(37(42)48-28-12-8-9-13-28)19-22-45-36-25-32-30(24-35(36)44-2)34(18-20-39-32)47-29-16-14-26(15-17-29)23-33(41)27-10-6-5-7-11-27/h5-7,10-11,14-18,20,24-25,28,31H,3-4,8-9,12-13,19,21-23H2,1-2H3,(H,40,43). The molecule has 0 spiro atoms. The van der Waals surface area contributed by atoms with E-state index in [0.29, 0.717) is 45.9 Å². The molecule has 4 aromatic rings.